The number of ether oxygens (including phenoxy) is 1. The van der Waals surface area contributed by atoms with E-state index in [4.69, 9.17) is 4.74 Å². The lowest BCUT2D eigenvalue weighted by molar-refractivity contribution is -0.115. The molecule has 1 atom stereocenters. The fourth-order valence-electron chi connectivity index (χ4n) is 4.13. The predicted molar refractivity (Wildman–Crippen MR) is 137 cm³/mol. The van der Waals surface area contributed by atoms with Crippen molar-refractivity contribution in [1.82, 2.24) is 14.8 Å². The van der Waals surface area contributed by atoms with E-state index >= 15 is 0 Å². The van der Waals surface area contributed by atoms with Gasteiger partial charge in [-0.2, -0.15) is 0 Å². The highest BCUT2D eigenvalue weighted by Gasteiger charge is 2.20. The molecule has 3 aromatic rings. The minimum absolute atomic E-state index is 0.123. The Bertz CT molecular complexity index is 1130. The molecule has 2 aromatic heterocycles. The number of methoxy groups -OCH3 is 1. The fraction of sp³-hybridized carbons (Fsp3) is 0.375. The first kappa shape index (κ1) is 24.0. The van der Waals surface area contributed by atoms with Crippen LogP contribution in [0.4, 0.5) is 10.8 Å². The molecule has 0 aliphatic carbocycles. The third-order valence-corrected chi connectivity index (χ3v) is 6.62. The van der Waals surface area contributed by atoms with Crippen LogP contribution in [0.15, 0.2) is 48.1 Å². The Morgan fingerprint density at radius 1 is 1.32 bits per heavy atom. The number of aromatic nitrogens is 2. The van der Waals surface area contributed by atoms with Crippen LogP contribution in [0.5, 0.6) is 0 Å². The summed E-state index contributed by atoms with van der Waals surface area (Å²) in [4.78, 5) is 31.5. The van der Waals surface area contributed by atoms with Gasteiger partial charge in [-0.3, -0.25) is 9.59 Å². The van der Waals surface area contributed by atoms with E-state index in [1.54, 1.807) is 30.0 Å². The summed E-state index contributed by atoms with van der Waals surface area (Å²) in [5.74, 6) is -0.0614. The molecule has 0 bridgehead atoms. The number of hydrogen-bond donors (Lipinski definition) is 2. The zero-order valence-electron chi connectivity index (χ0n) is 19.5. The van der Waals surface area contributed by atoms with Crippen molar-refractivity contribution in [2.75, 3.05) is 43.6 Å². The molecule has 0 spiro atoms. The van der Waals surface area contributed by atoms with E-state index in [0.717, 1.165) is 37.4 Å². The highest BCUT2D eigenvalue weighted by atomic mass is 32.1. The van der Waals surface area contributed by atoms with Gasteiger partial charge >= 0.3 is 0 Å². The Balaban J connectivity index is 1.33. The number of thiazole rings is 1. The summed E-state index contributed by atoms with van der Waals surface area (Å²) in [6, 6.07) is 10.1. The molecule has 1 aliphatic heterocycles. The molecule has 2 amide bonds. The Hall–Kier alpha value is -3.11. The molecular formula is C24H29BN5O3S. The van der Waals surface area contributed by atoms with Crippen molar-refractivity contribution in [2.24, 2.45) is 5.92 Å². The van der Waals surface area contributed by atoms with Gasteiger partial charge in [-0.15, -0.1) is 11.3 Å². The standard InChI is InChI=1S/C24H29BN5O3S/c1-25-30-10-8-19(14-30)23(32)26-12-22(31)28-24-27-21(16-34-24)18-6-3-7-20(11-18)29-9-4-5-17(13-29)15-33-2/h3,6-8,10-11,14,16-17H,4-5,9,12-13,15H2,1-2H3,(H,26,32)(H,27,28,31). The van der Waals surface area contributed by atoms with E-state index in [0.29, 0.717) is 16.6 Å². The lowest BCUT2D eigenvalue weighted by Gasteiger charge is -2.34. The number of anilines is 2. The molecule has 1 aromatic carbocycles. The van der Waals surface area contributed by atoms with Crippen LogP contribution in [0, 0.1) is 5.92 Å². The summed E-state index contributed by atoms with van der Waals surface area (Å²) >= 11 is 1.36. The summed E-state index contributed by atoms with van der Waals surface area (Å²) < 4.78 is 7.14. The van der Waals surface area contributed by atoms with Crippen molar-refractivity contribution in [3.05, 3.63) is 53.7 Å². The van der Waals surface area contributed by atoms with Crippen molar-refractivity contribution >= 4 is 41.4 Å². The number of hydrogen-bond acceptors (Lipinski definition) is 6. The fourth-order valence-corrected chi connectivity index (χ4v) is 4.87. The summed E-state index contributed by atoms with van der Waals surface area (Å²) in [6.07, 6.45) is 5.84. The van der Waals surface area contributed by atoms with Crippen molar-refractivity contribution < 1.29 is 14.3 Å². The van der Waals surface area contributed by atoms with E-state index in [-0.39, 0.29) is 18.4 Å². The molecular weight excluding hydrogens is 449 g/mol. The van der Waals surface area contributed by atoms with Crippen LogP contribution in [0.3, 0.4) is 0 Å². The van der Waals surface area contributed by atoms with E-state index in [2.05, 4.69) is 32.7 Å². The molecule has 3 heterocycles. The van der Waals surface area contributed by atoms with Crippen molar-refractivity contribution in [3.8, 4) is 11.3 Å². The topological polar surface area (TPSA) is 88.5 Å². The van der Waals surface area contributed by atoms with Crippen LogP contribution >= 0.6 is 11.3 Å². The monoisotopic (exact) mass is 478 g/mol. The molecule has 177 valence electrons. The second-order valence-corrected chi connectivity index (χ2v) is 9.19. The maximum atomic E-state index is 12.3. The first-order chi connectivity index (χ1) is 16.6. The largest absolute Gasteiger partial charge is 0.402 e. The van der Waals surface area contributed by atoms with E-state index < -0.39 is 0 Å². The Morgan fingerprint density at radius 3 is 3.00 bits per heavy atom. The van der Waals surface area contributed by atoms with Crippen LogP contribution in [0.25, 0.3) is 11.3 Å². The van der Waals surface area contributed by atoms with Crippen LogP contribution in [-0.4, -0.2) is 62.0 Å². The predicted octanol–water partition coefficient (Wildman–Crippen LogP) is 3.36. The minimum Gasteiger partial charge on any atom is -0.402 e. The average molecular weight is 478 g/mol. The van der Waals surface area contributed by atoms with Crippen LogP contribution in [0.2, 0.25) is 6.82 Å². The normalized spacial score (nSPS) is 15.7. The van der Waals surface area contributed by atoms with Crippen molar-refractivity contribution in [1.29, 1.82) is 0 Å². The van der Waals surface area contributed by atoms with Gasteiger partial charge in [0, 0.05) is 43.0 Å². The van der Waals surface area contributed by atoms with Crippen molar-refractivity contribution in [3.63, 3.8) is 0 Å². The number of nitrogens with zero attached hydrogens (tertiary/aromatic N) is 3. The zero-order valence-corrected chi connectivity index (χ0v) is 20.3. The first-order valence-electron chi connectivity index (χ1n) is 11.4. The number of amides is 2. The maximum Gasteiger partial charge on any atom is 0.253 e. The highest BCUT2D eigenvalue weighted by molar-refractivity contribution is 7.14. The molecule has 1 radical (unpaired) electrons. The van der Waals surface area contributed by atoms with Gasteiger partial charge in [0.1, 0.15) is 0 Å². The van der Waals surface area contributed by atoms with E-state index in [1.165, 1.54) is 23.4 Å². The van der Waals surface area contributed by atoms with Gasteiger partial charge in [-0.05, 0) is 43.2 Å². The summed E-state index contributed by atoms with van der Waals surface area (Å²) in [5.41, 5.74) is 3.50. The third-order valence-electron chi connectivity index (χ3n) is 5.86. The van der Waals surface area contributed by atoms with Gasteiger partial charge in [-0.1, -0.05) is 19.0 Å². The minimum atomic E-state index is -0.318. The van der Waals surface area contributed by atoms with Gasteiger partial charge in [0.05, 0.1) is 24.4 Å². The van der Waals surface area contributed by atoms with Gasteiger partial charge in [0.15, 0.2) is 5.13 Å². The lowest BCUT2D eigenvalue weighted by Crippen LogP contribution is -2.37. The zero-order chi connectivity index (χ0) is 23.9. The van der Waals surface area contributed by atoms with E-state index in [9.17, 15) is 9.59 Å². The second-order valence-electron chi connectivity index (χ2n) is 8.33. The van der Waals surface area contributed by atoms with Gasteiger partial charge in [0.2, 0.25) is 13.3 Å². The van der Waals surface area contributed by atoms with Gasteiger partial charge in [0.25, 0.3) is 5.91 Å². The molecule has 0 saturated carbocycles. The molecule has 1 fully saturated rings. The van der Waals surface area contributed by atoms with E-state index in [1.807, 2.05) is 31.8 Å². The lowest BCUT2D eigenvalue weighted by atomic mass is 9.98. The molecule has 10 heteroatoms. The van der Waals surface area contributed by atoms with Crippen molar-refractivity contribution in [2.45, 2.75) is 19.7 Å². The molecule has 1 aliphatic rings. The number of carbonyl (C=O) groups is 2. The number of rotatable bonds is 9. The molecule has 1 unspecified atom stereocenters. The molecule has 8 nitrogen and oxygen atoms in total. The summed E-state index contributed by atoms with van der Waals surface area (Å²) in [6.45, 7) is 4.56. The second kappa shape index (κ2) is 11.3. The number of nitrogens with one attached hydrogen (secondary N) is 2. The van der Waals surface area contributed by atoms with Crippen LogP contribution < -0.4 is 15.5 Å². The highest BCUT2D eigenvalue weighted by Crippen LogP contribution is 2.30. The average Bonchev–Trinajstić information content (AvgIpc) is 3.53. The van der Waals surface area contributed by atoms with Crippen LogP contribution in [0.1, 0.15) is 23.2 Å². The van der Waals surface area contributed by atoms with Gasteiger partial charge in [-0.25, -0.2) is 4.98 Å². The SMILES string of the molecule is C[B]n1ccc(C(=O)NCC(=O)Nc2nc(-c3cccc(N4CCCC(COC)C4)c3)cs2)c1. The Kier molecular flexibility index (Phi) is 8.02. The van der Waals surface area contributed by atoms with Crippen LogP contribution in [-0.2, 0) is 9.53 Å². The number of piperidine rings is 1. The smallest absolute Gasteiger partial charge is 0.253 e. The maximum absolute atomic E-state index is 12.3. The third kappa shape index (κ3) is 6.06. The summed E-state index contributed by atoms with van der Waals surface area (Å²) in [5, 5.41) is 7.84. The molecule has 4 rings (SSSR count). The molecule has 2 N–H and O–H groups in total. The molecule has 34 heavy (non-hydrogen) atoms. The first-order valence-corrected chi connectivity index (χ1v) is 12.3. The Labute approximate surface area is 204 Å². The van der Waals surface area contributed by atoms with Gasteiger partial charge < -0.3 is 24.7 Å². The number of benzene rings is 1. The molecule has 1 saturated heterocycles. The number of carbonyl (C=O) groups excluding carboxylic acids is 2. The summed E-state index contributed by atoms with van der Waals surface area (Å²) in [7, 11) is 3.60. The Morgan fingerprint density at radius 2 is 2.21 bits per heavy atom. The quantitative estimate of drug-likeness (QED) is 0.461.